The summed E-state index contributed by atoms with van der Waals surface area (Å²) in [5.41, 5.74) is 0.166. The molecule has 0 saturated heterocycles. The minimum absolute atomic E-state index is 0.204. The Morgan fingerprint density at radius 2 is 2.10 bits per heavy atom. The van der Waals surface area contributed by atoms with Gasteiger partial charge in [0.2, 0.25) is 0 Å². The second kappa shape index (κ2) is 6.56. The number of carbonyl (C=O) groups is 2. The predicted octanol–water partition coefficient (Wildman–Crippen LogP) is 2.32. The third kappa shape index (κ3) is 3.51. The molecule has 0 atom stereocenters. The molecule has 0 bridgehead atoms. The van der Waals surface area contributed by atoms with Crippen LogP contribution in [0.4, 0.5) is 5.69 Å². The van der Waals surface area contributed by atoms with Gasteiger partial charge in [-0.05, 0) is 25.0 Å². The molecule has 1 aliphatic carbocycles. The average Bonchev–Trinajstić information content (AvgIpc) is 2.53. The number of pyridine rings is 1. The summed E-state index contributed by atoms with van der Waals surface area (Å²) in [5, 5.41) is 12.6. The van der Waals surface area contributed by atoms with Crippen molar-refractivity contribution in [2.75, 3.05) is 19.0 Å². The van der Waals surface area contributed by atoms with Crippen molar-refractivity contribution in [1.29, 1.82) is 0 Å². The van der Waals surface area contributed by atoms with Crippen LogP contribution in [0.25, 0.3) is 0 Å². The second-order valence-corrected chi connectivity index (χ2v) is 5.42. The maximum absolute atomic E-state index is 11.6. The number of aromatic nitrogens is 1. The first kappa shape index (κ1) is 15.3. The molecule has 0 radical (unpaired) electrons. The van der Waals surface area contributed by atoms with E-state index in [9.17, 15) is 14.7 Å². The van der Waals surface area contributed by atoms with Crippen LogP contribution in [0, 0.1) is 5.41 Å². The van der Waals surface area contributed by atoms with Gasteiger partial charge in [-0.3, -0.25) is 4.79 Å². The van der Waals surface area contributed by atoms with E-state index >= 15 is 0 Å². The lowest BCUT2D eigenvalue weighted by Gasteiger charge is -2.33. The van der Waals surface area contributed by atoms with Crippen LogP contribution in [0.15, 0.2) is 18.3 Å². The molecule has 1 aromatic rings. The Morgan fingerprint density at radius 1 is 1.38 bits per heavy atom. The summed E-state index contributed by atoms with van der Waals surface area (Å²) in [5.74, 6) is -1.26. The molecule has 1 aliphatic rings. The van der Waals surface area contributed by atoms with E-state index in [1.165, 1.54) is 13.3 Å². The number of carbonyl (C=O) groups excluding carboxylic acids is 1. The van der Waals surface area contributed by atoms with Crippen LogP contribution in [-0.2, 0) is 9.53 Å². The molecule has 0 aliphatic heterocycles. The van der Waals surface area contributed by atoms with Gasteiger partial charge in [0.1, 0.15) is 5.69 Å². The Balaban J connectivity index is 2.07. The second-order valence-electron chi connectivity index (χ2n) is 5.42. The summed E-state index contributed by atoms with van der Waals surface area (Å²) >= 11 is 0. The molecular formula is C15H20N2O4. The Bertz CT molecular complexity index is 524. The van der Waals surface area contributed by atoms with Crippen LogP contribution < -0.4 is 5.32 Å². The highest BCUT2D eigenvalue weighted by molar-refractivity contribution is 5.88. The largest absolute Gasteiger partial charge is 0.481 e. The van der Waals surface area contributed by atoms with Crippen LogP contribution in [-0.4, -0.2) is 35.7 Å². The summed E-state index contributed by atoms with van der Waals surface area (Å²) in [6.45, 7) is 0.354. The van der Waals surface area contributed by atoms with Gasteiger partial charge in [0.15, 0.2) is 0 Å². The first-order valence-electron chi connectivity index (χ1n) is 7.09. The van der Waals surface area contributed by atoms with Crippen LogP contribution in [0.2, 0.25) is 0 Å². The number of rotatable bonds is 5. The van der Waals surface area contributed by atoms with E-state index in [0.717, 1.165) is 19.3 Å². The normalized spacial score (nSPS) is 17.0. The highest BCUT2D eigenvalue weighted by atomic mass is 16.5. The van der Waals surface area contributed by atoms with Gasteiger partial charge >= 0.3 is 11.9 Å². The minimum Gasteiger partial charge on any atom is -0.481 e. The molecule has 1 aromatic heterocycles. The van der Waals surface area contributed by atoms with Crippen molar-refractivity contribution in [2.24, 2.45) is 5.41 Å². The molecule has 2 rings (SSSR count). The first-order chi connectivity index (χ1) is 10.1. The number of hydrogen-bond acceptors (Lipinski definition) is 5. The lowest BCUT2D eigenvalue weighted by atomic mass is 9.74. The van der Waals surface area contributed by atoms with Gasteiger partial charge in [-0.25, -0.2) is 9.78 Å². The molecule has 114 valence electrons. The highest BCUT2D eigenvalue weighted by Crippen LogP contribution is 2.36. The number of nitrogens with one attached hydrogen (secondary N) is 1. The van der Waals surface area contributed by atoms with Crippen LogP contribution >= 0.6 is 0 Å². The number of carboxylic acids is 1. The van der Waals surface area contributed by atoms with Gasteiger partial charge in [0.05, 0.1) is 12.5 Å². The van der Waals surface area contributed by atoms with Crippen molar-refractivity contribution in [3.05, 3.63) is 24.0 Å². The molecule has 2 N–H and O–H groups in total. The van der Waals surface area contributed by atoms with E-state index in [1.54, 1.807) is 12.1 Å². The Morgan fingerprint density at radius 3 is 2.71 bits per heavy atom. The summed E-state index contributed by atoms with van der Waals surface area (Å²) in [7, 11) is 1.30. The fourth-order valence-corrected chi connectivity index (χ4v) is 2.72. The minimum atomic E-state index is -0.753. The van der Waals surface area contributed by atoms with Crippen molar-refractivity contribution in [2.45, 2.75) is 32.1 Å². The molecule has 1 heterocycles. The third-order valence-corrected chi connectivity index (χ3v) is 4.05. The zero-order valence-corrected chi connectivity index (χ0v) is 12.1. The Labute approximate surface area is 123 Å². The van der Waals surface area contributed by atoms with Crippen LogP contribution in [0.5, 0.6) is 0 Å². The monoisotopic (exact) mass is 292 g/mol. The van der Waals surface area contributed by atoms with Crippen molar-refractivity contribution in [3.8, 4) is 0 Å². The van der Waals surface area contributed by atoms with Crippen molar-refractivity contribution < 1.29 is 19.4 Å². The zero-order valence-electron chi connectivity index (χ0n) is 12.1. The number of anilines is 1. The zero-order chi connectivity index (χ0) is 15.3. The van der Waals surface area contributed by atoms with E-state index in [2.05, 4.69) is 15.0 Å². The number of ether oxygens (including phenoxy) is 1. The number of carboxylic acid groups (broad SMARTS) is 1. The highest BCUT2D eigenvalue weighted by Gasteiger charge is 2.39. The van der Waals surface area contributed by atoms with Crippen molar-refractivity contribution >= 4 is 17.6 Å². The van der Waals surface area contributed by atoms with Gasteiger partial charge < -0.3 is 15.2 Å². The quantitative estimate of drug-likeness (QED) is 0.810. The number of esters is 1. The Hall–Kier alpha value is -2.11. The fraction of sp³-hybridized carbons (Fsp3) is 0.533. The Kier molecular flexibility index (Phi) is 4.77. The van der Waals surface area contributed by atoms with E-state index in [0.29, 0.717) is 25.1 Å². The molecule has 1 fully saturated rings. The third-order valence-electron chi connectivity index (χ3n) is 4.05. The van der Waals surface area contributed by atoms with Crippen LogP contribution in [0.3, 0.4) is 0 Å². The number of nitrogens with zero attached hydrogens (tertiary/aromatic N) is 1. The fourth-order valence-electron chi connectivity index (χ4n) is 2.72. The SMILES string of the molecule is COC(=O)c1cc(NCC2(C(=O)O)CCCCC2)ccn1. The lowest BCUT2D eigenvalue weighted by Crippen LogP contribution is -2.39. The molecule has 0 spiro atoms. The smallest absolute Gasteiger partial charge is 0.356 e. The summed E-state index contributed by atoms with van der Waals surface area (Å²) < 4.78 is 4.62. The summed E-state index contributed by atoms with van der Waals surface area (Å²) in [6.07, 6.45) is 5.85. The topological polar surface area (TPSA) is 88.5 Å². The van der Waals surface area contributed by atoms with Gasteiger partial charge in [-0.15, -0.1) is 0 Å². The molecule has 6 heteroatoms. The number of methoxy groups -OCH3 is 1. The van der Waals surface area contributed by atoms with Crippen molar-refractivity contribution in [1.82, 2.24) is 4.98 Å². The van der Waals surface area contributed by atoms with Gasteiger partial charge in [-0.2, -0.15) is 0 Å². The number of hydrogen-bond donors (Lipinski definition) is 2. The van der Waals surface area contributed by atoms with Crippen molar-refractivity contribution in [3.63, 3.8) is 0 Å². The summed E-state index contributed by atoms with van der Waals surface area (Å²) in [6, 6.07) is 3.29. The van der Waals surface area contributed by atoms with E-state index in [1.807, 2.05) is 0 Å². The molecule has 21 heavy (non-hydrogen) atoms. The van der Waals surface area contributed by atoms with E-state index < -0.39 is 17.4 Å². The standard InChI is InChI=1S/C15H20N2O4/c1-21-13(18)12-9-11(5-8-16-12)17-10-15(14(19)20)6-3-2-4-7-15/h5,8-9H,2-4,6-7,10H2,1H3,(H,16,17)(H,19,20). The maximum atomic E-state index is 11.6. The predicted molar refractivity (Wildman–Crippen MR) is 77.2 cm³/mol. The van der Waals surface area contributed by atoms with Gasteiger partial charge in [0, 0.05) is 18.4 Å². The van der Waals surface area contributed by atoms with Gasteiger partial charge in [0.25, 0.3) is 0 Å². The van der Waals surface area contributed by atoms with Gasteiger partial charge in [-0.1, -0.05) is 19.3 Å². The van der Waals surface area contributed by atoms with E-state index in [4.69, 9.17) is 0 Å². The molecule has 0 unspecified atom stereocenters. The first-order valence-corrected chi connectivity index (χ1v) is 7.09. The average molecular weight is 292 g/mol. The molecular weight excluding hydrogens is 272 g/mol. The summed E-state index contributed by atoms with van der Waals surface area (Å²) in [4.78, 5) is 27.0. The molecule has 1 saturated carbocycles. The number of aliphatic carboxylic acids is 1. The lowest BCUT2D eigenvalue weighted by molar-refractivity contribution is -0.150. The van der Waals surface area contributed by atoms with Crippen LogP contribution in [0.1, 0.15) is 42.6 Å². The maximum Gasteiger partial charge on any atom is 0.356 e. The van der Waals surface area contributed by atoms with E-state index in [-0.39, 0.29) is 5.69 Å². The molecule has 6 nitrogen and oxygen atoms in total. The molecule has 0 amide bonds. The molecule has 0 aromatic carbocycles.